The summed E-state index contributed by atoms with van der Waals surface area (Å²) in [6, 6.07) is 0.431. The van der Waals surface area contributed by atoms with Gasteiger partial charge >= 0.3 is 0 Å². The van der Waals surface area contributed by atoms with Gasteiger partial charge in [-0.05, 0) is 26.3 Å². The third-order valence-corrected chi connectivity index (χ3v) is 2.07. The number of hydrogen-bond acceptors (Lipinski definition) is 3. The number of thioether (sulfide) groups is 1. The molecule has 0 bridgehead atoms. The van der Waals surface area contributed by atoms with Crippen molar-refractivity contribution in [3.63, 3.8) is 0 Å². The molecule has 2 nitrogen and oxygen atoms in total. The zero-order chi connectivity index (χ0) is 8.15. The third-order valence-electron chi connectivity index (χ3n) is 1.34. The summed E-state index contributed by atoms with van der Waals surface area (Å²) in [5, 5.41) is 0. The largest absolute Gasteiger partial charge is 0.352 e. The van der Waals surface area contributed by atoms with E-state index in [0.29, 0.717) is 6.04 Å². The predicted octanol–water partition coefficient (Wildman–Crippen LogP) is 1.45. The highest BCUT2D eigenvalue weighted by Crippen LogP contribution is 2.09. The minimum atomic E-state index is 0.0394. The van der Waals surface area contributed by atoms with Crippen molar-refractivity contribution < 1.29 is 0 Å². The monoisotopic (exact) mass is 160 g/mol. The molecule has 0 rings (SSSR count). The molecule has 0 aliphatic rings. The molecular weight excluding hydrogens is 144 g/mol. The SMILES string of the molecule is C=CN(C(C)C)C(N)SC. The van der Waals surface area contributed by atoms with Crippen LogP contribution in [0.2, 0.25) is 0 Å². The Kier molecular flexibility index (Phi) is 4.56. The van der Waals surface area contributed by atoms with Gasteiger partial charge in [-0.2, -0.15) is 0 Å². The molecule has 0 fully saturated rings. The number of nitrogens with zero attached hydrogens (tertiary/aromatic N) is 1. The maximum absolute atomic E-state index is 5.75. The van der Waals surface area contributed by atoms with Crippen molar-refractivity contribution in [3.8, 4) is 0 Å². The average molecular weight is 160 g/mol. The van der Waals surface area contributed by atoms with Crippen LogP contribution >= 0.6 is 11.8 Å². The lowest BCUT2D eigenvalue weighted by atomic mass is 10.3. The van der Waals surface area contributed by atoms with E-state index in [2.05, 4.69) is 20.4 Å². The Morgan fingerprint density at radius 1 is 1.60 bits per heavy atom. The fourth-order valence-corrected chi connectivity index (χ4v) is 1.30. The van der Waals surface area contributed by atoms with Crippen LogP contribution in [0.4, 0.5) is 0 Å². The molecule has 0 aliphatic carbocycles. The molecule has 0 spiro atoms. The second kappa shape index (κ2) is 4.63. The molecule has 0 saturated heterocycles. The molecule has 0 heterocycles. The average Bonchev–Trinajstić information content (AvgIpc) is 1.88. The van der Waals surface area contributed by atoms with E-state index in [4.69, 9.17) is 5.73 Å². The molecule has 1 atom stereocenters. The van der Waals surface area contributed by atoms with Crippen LogP contribution in [-0.2, 0) is 0 Å². The van der Waals surface area contributed by atoms with Crippen LogP contribution in [0, 0.1) is 0 Å². The van der Waals surface area contributed by atoms with E-state index in [-0.39, 0.29) is 5.50 Å². The van der Waals surface area contributed by atoms with E-state index in [1.54, 1.807) is 18.0 Å². The Bertz CT molecular complexity index is 104. The zero-order valence-electron chi connectivity index (χ0n) is 6.87. The Labute approximate surface area is 67.5 Å². The van der Waals surface area contributed by atoms with Gasteiger partial charge in [0.1, 0.15) is 5.50 Å². The first-order chi connectivity index (χ1) is 4.63. The third kappa shape index (κ3) is 2.62. The van der Waals surface area contributed by atoms with Gasteiger partial charge in [-0.25, -0.2) is 0 Å². The summed E-state index contributed by atoms with van der Waals surface area (Å²) in [5.41, 5.74) is 5.79. The van der Waals surface area contributed by atoms with E-state index in [1.165, 1.54) is 0 Å². The zero-order valence-corrected chi connectivity index (χ0v) is 7.69. The molecule has 0 aromatic heterocycles. The molecule has 0 radical (unpaired) electrons. The summed E-state index contributed by atoms with van der Waals surface area (Å²) in [6.07, 6.45) is 3.77. The highest BCUT2D eigenvalue weighted by atomic mass is 32.2. The molecule has 2 N–H and O–H groups in total. The van der Waals surface area contributed by atoms with Crippen LogP contribution in [0.1, 0.15) is 13.8 Å². The maximum atomic E-state index is 5.75. The number of nitrogens with two attached hydrogens (primary N) is 1. The lowest BCUT2D eigenvalue weighted by Crippen LogP contribution is -2.39. The smallest absolute Gasteiger partial charge is 0.125 e. The van der Waals surface area contributed by atoms with Crippen molar-refractivity contribution >= 4 is 11.8 Å². The van der Waals surface area contributed by atoms with Gasteiger partial charge in [0, 0.05) is 6.04 Å². The lowest BCUT2D eigenvalue weighted by Gasteiger charge is -2.29. The van der Waals surface area contributed by atoms with Crippen molar-refractivity contribution in [3.05, 3.63) is 12.8 Å². The highest BCUT2D eigenvalue weighted by molar-refractivity contribution is 7.99. The fourth-order valence-electron chi connectivity index (χ4n) is 0.730. The fraction of sp³-hybridized carbons (Fsp3) is 0.714. The minimum Gasteiger partial charge on any atom is -0.352 e. The quantitative estimate of drug-likeness (QED) is 0.631. The molecule has 0 aliphatic heterocycles. The molecule has 60 valence electrons. The molecule has 3 heteroatoms. The van der Waals surface area contributed by atoms with Gasteiger partial charge in [-0.1, -0.05) is 6.58 Å². The number of rotatable bonds is 4. The van der Waals surface area contributed by atoms with Crippen LogP contribution in [-0.4, -0.2) is 22.7 Å². The molecule has 0 aromatic carbocycles. The van der Waals surface area contributed by atoms with Gasteiger partial charge in [-0.3, -0.25) is 0 Å². The first-order valence-electron chi connectivity index (χ1n) is 3.31. The summed E-state index contributed by atoms with van der Waals surface area (Å²) in [6.45, 7) is 7.87. The normalized spacial score (nSPS) is 13.3. The predicted molar refractivity (Wildman–Crippen MR) is 48.7 cm³/mol. The lowest BCUT2D eigenvalue weighted by molar-refractivity contribution is 0.298. The summed E-state index contributed by atoms with van der Waals surface area (Å²) < 4.78 is 0. The molecule has 0 amide bonds. The molecular formula is C7H16N2S. The maximum Gasteiger partial charge on any atom is 0.125 e. The molecule has 0 aromatic rings. The molecule has 10 heavy (non-hydrogen) atoms. The standard InChI is InChI=1S/C7H16N2S/c1-5-9(6(2)3)7(8)10-4/h5-7H,1,8H2,2-4H3. The molecule has 0 saturated carbocycles. The second-order valence-electron chi connectivity index (χ2n) is 2.35. The van der Waals surface area contributed by atoms with Gasteiger partial charge in [0.15, 0.2) is 0 Å². The van der Waals surface area contributed by atoms with Crippen molar-refractivity contribution in [1.29, 1.82) is 0 Å². The van der Waals surface area contributed by atoms with Gasteiger partial charge in [0.2, 0.25) is 0 Å². The van der Waals surface area contributed by atoms with E-state index in [9.17, 15) is 0 Å². The van der Waals surface area contributed by atoms with Gasteiger partial charge in [0.25, 0.3) is 0 Å². The summed E-state index contributed by atoms with van der Waals surface area (Å²) >= 11 is 1.62. The first kappa shape index (κ1) is 9.85. The van der Waals surface area contributed by atoms with Crippen LogP contribution in [0.3, 0.4) is 0 Å². The van der Waals surface area contributed by atoms with E-state index >= 15 is 0 Å². The van der Waals surface area contributed by atoms with Gasteiger partial charge in [-0.15, -0.1) is 11.8 Å². The van der Waals surface area contributed by atoms with E-state index in [0.717, 1.165) is 0 Å². The summed E-state index contributed by atoms with van der Waals surface area (Å²) in [4.78, 5) is 2.02. The van der Waals surface area contributed by atoms with Crippen molar-refractivity contribution in [2.45, 2.75) is 25.4 Å². The molecule has 1 unspecified atom stereocenters. The van der Waals surface area contributed by atoms with Crippen LogP contribution in [0.15, 0.2) is 12.8 Å². The van der Waals surface area contributed by atoms with Crippen molar-refractivity contribution in [1.82, 2.24) is 4.90 Å². The summed E-state index contributed by atoms with van der Waals surface area (Å²) in [5.74, 6) is 0. The van der Waals surface area contributed by atoms with Crippen LogP contribution in [0.25, 0.3) is 0 Å². The topological polar surface area (TPSA) is 29.3 Å². The van der Waals surface area contributed by atoms with Gasteiger partial charge in [0.05, 0.1) is 0 Å². The Balaban J connectivity index is 3.92. The van der Waals surface area contributed by atoms with Crippen molar-refractivity contribution in [2.24, 2.45) is 5.73 Å². The first-order valence-corrected chi connectivity index (χ1v) is 4.60. The van der Waals surface area contributed by atoms with Crippen LogP contribution < -0.4 is 5.73 Å². The Hall–Kier alpha value is -0.150. The van der Waals surface area contributed by atoms with Crippen LogP contribution in [0.5, 0.6) is 0 Å². The van der Waals surface area contributed by atoms with E-state index < -0.39 is 0 Å². The summed E-state index contributed by atoms with van der Waals surface area (Å²) in [7, 11) is 0. The number of hydrogen-bond donors (Lipinski definition) is 1. The Morgan fingerprint density at radius 2 is 2.10 bits per heavy atom. The minimum absolute atomic E-state index is 0.0394. The van der Waals surface area contributed by atoms with E-state index in [1.807, 2.05) is 11.2 Å². The van der Waals surface area contributed by atoms with Gasteiger partial charge < -0.3 is 10.6 Å². The second-order valence-corrected chi connectivity index (χ2v) is 3.30. The Morgan fingerprint density at radius 3 is 2.20 bits per heavy atom. The highest BCUT2D eigenvalue weighted by Gasteiger charge is 2.10. The van der Waals surface area contributed by atoms with Crippen molar-refractivity contribution in [2.75, 3.05) is 6.26 Å².